The van der Waals surface area contributed by atoms with Crippen LogP contribution < -0.4 is 14.5 Å². The second-order valence-electron chi connectivity index (χ2n) is 20.1. The maximum absolute atomic E-state index is 6.91. The maximum Gasteiger partial charge on any atom is 0.129 e. The van der Waals surface area contributed by atoms with Crippen LogP contribution in [-0.4, -0.2) is 20.8 Å². The van der Waals surface area contributed by atoms with Gasteiger partial charge in [-0.25, -0.2) is 4.52 Å². The van der Waals surface area contributed by atoms with Gasteiger partial charge in [0, 0.05) is 67.2 Å². The molecule has 0 unspecified atom stereocenters. The monoisotopic (exact) mass is 903 g/mol. The largest absolute Gasteiger partial charge is 0.457 e. The lowest BCUT2D eigenvalue weighted by atomic mass is 9.57. The minimum Gasteiger partial charge on any atom is -0.457 e. The van der Waals surface area contributed by atoms with Crippen LogP contribution in [0.5, 0.6) is 11.5 Å². The van der Waals surface area contributed by atoms with Gasteiger partial charge >= 0.3 is 0 Å². The molecule has 6 nitrogen and oxygen atoms in total. The van der Waals surface area contributed by atoms with Crippen LogP contribution in [0.4, 0.5) is 22.7 Å². The Kier molecular flexibility index (Phi) is 8.64. The first-order valence-electron chi connectivity index (χ1n) is 24.3. The smallest absolute Gasteiger partial charge is 0.129 e. The topological polar surface area (TPSA) is 37.9 Å². The summed E-state index contributed by atoms with van der Waals surface area (Å²) in [5, 5.41) is 11.3. The zero-order chi connectivity index (χ0) is 46.9. The number of pyridine rings is 1. The molecule has 6 heteroatoms. The minimum absolute atomic E-state index is 0.194. The van der Waals surface area contributed by atoms with Crippen molar-refractivity contribution in [3.63, 3.8) is 0 Å². The van der Waals surface area contributed by atoms with Gasteiger partial charge in [0.2, 0.25) is 0 Å². The fraction of sp³-hybridized carbons (Fsp3) is 0.109. The van der Waals surface area contributed by atoms with Gasteiger partial charge in [0.25, 0.3) is 0 Å². The summed E-state index contributed by atoms with van der Waals surface area (Å²) in [6.07, 6.45) is 2.11. The molecule has 12 aromatic rings. The molecule has 3 aromatic heterocycles. The van der Waals surface area contributed by atoms with E-state index in [0.29, 0.717) is 6.67 Å². The van der Waals surface area contributed by atoms with E-state index in [1.165, 1.54) is 77.2 Å². The van der Waals surface area contributed by atoms with E-state index in [9.17, 15) is 0 Å². The summed E-state index contributed by atoms with van der Waals surface area (Å²) in [6.45, 7) is 10.2. The van der Waals surface area contributed by atoms with E-state index in [0.717, 1.165) is 45.2 Å². The van der Waals surface area contributed by atoms with Crippen molar-refractivity contribution in [2.75, 3.05) is 16.5 Å². The fourth-order valence-corrected chi connectivity index (χ4v) is 11.8. The van der Waals surface area contributed by atoms with Crippen LogP contribution >= 0.6 is 0 Å². The number of nitrogens with zero attached hydrogens (tertiary/aromatic N) is 5. The predicted molar refractivity (Wildman–Crippen MR) is 290 cm³/mol. The molecule has 0 amide bonds. The van der Waals surface area contributed by atoms with Gasteiger partial charge in [-0.05, 0) is 88.2 Å². The molecule has 0 N–H and O–H groups in total. The molecule has 70 heavy (non-hydrogen) atoms. The molecule has 0 atom stereocenters. The van der Waals surface area contributed by atoms with Crippen molar-refractivity contribution in [2.24, 2.45) is 0 Å². The number of hydrogen-bond donors (Lipinski definition) is 0. The van der Waals surface area contributed by atoms with Crippen LogP contribution in [0, 0.1) is 0 Å². The summed E-state index contributed by atoms with van der Waals surface area (Å²) in [4.78, 5) is 4.87. The van der Waals surface area contributed by atoms with Crippen LogP contribution in [0.15, 0.2) is 212 Å². The number of para-hydroxylation sites is 5. The standard InChI is InChI=1S/C64H49N5O/c1-63(2)53-37-44(68-55-29-13-11-25-49(55)50-26-12-14-30-56(50)68)36-52-51-34-33-46(38-59(51)69-62(60(52)53)54(39-65-69)64(63,3)4)70-45-24-17-23-43(35-45)66-40-67(58-32-16-15-31-57(58)66)61-47(41-19-7-5-8-20-41)27-18-28-48(61)42-21-9-6-10-22-42/h5-39H,40H2,1-4H3. The van der Waals surface area contributed by atoms with E-state index in [1.807, 2.05) is 0 Å². The van der Waals surface area contributed by atoms with Crippen molar-refractivity contribution in [3.8, 4) is 39.4 Å². The Morgan fingerprint density at radius 2 is 1.01 bits per heavy atom. The molecule has 14 rings (SSSR count). The van der Waals surface area contributed by atoms with Crippen molar-refractivity contribution in [2.45, 2.75) is 38.5 Å². The Morgan fingerprint density at radius 3 is 1.70 bits per heavy atom. The molecule has 0 radical (unpaired) electrons. The first-order valence-corrected chi connectivity index (χ1v) is 24.3. The number of ether oxygens (including phenoxy) is 1. The molecule has 336 valence electrons. The third-order valence-corrected chi connectivity index (χ3v) is 16.0. The van der Waals surface area contributed by atoms with Crippen LogP contribution in [0.1, 0.15) is 38.8 Å². The molecule has 0 spiro atoms. The average molecular weight is 904 g/mol. The predicted octanol–water partition coefficient (Wildman–Crippen LogP) is 16.7. The summed E-state index contributed by atoms with van der Waals surface area (Å²) >= 11 is 0. The van der Waals surface area contributed by atoms with E-state index in [1.54, 1.807) is 0 Å². The summed E-state index contributed by atoms with van der Waals surface area (Å²) in [5.41, 5.74) is 17.2. The number of anilines is 4. The van der Waals surface area contributed by atoms with Crippen molar-refractivity contribution >= 4 is 71.7 Å². The van der Waals surface area contributed by atoms with E-state index >= 15 is 0 Å². The van der Waals surface area contributed by atoms with Gasteiger partial charge in [-0.3, -0.25) is 0 Å². The molecule has 4 heterocycles. The summed E-state index contributed by atoms with van der Waals surface area (Å²) in [5.74, 6) is 1.52. The van der Waals surface area contributed by atoms with Crippen molar-refractivity contribution < 1.29 is 4.74 Å². The Balaban J connectivity index is 0.885. The lowest BCUT2D eigenvalue weighted by Crippen LogP contribution is -2.42. The third-order valence-electron chi connectivity index (χ3n) is 16.0. The van der Waals surface area contributed by atoms with E-state index in [4.69, 9.17) is 9.84 Å². The molecule has 1 aliphatic carbocycles. The van der Waals surface area contributed by atoms with Gasteiger partial charge in [0.1, 0.15) is 18.2 Å². The van der Waals surface area contributed by atoms with Gasteiger partial charge in [-0.15, -0.1) is 0 Å². The van der Waals surface area contributed by atoms with E-state index in [-0.39, 0.29) is 10.8 Å². The third kappa shape index (κ3) is 5.77. The molecular weight excluding hydrogens is 855 g/mol. The van der Waals surface area contributed by atoms with Gasteiger partial charge in [-0.2, -0.15) is 5.10 Å². The first-order chi connectivity index (χ1) is 34.2. The van der Waals surface area contributed by atoms with Crippen molar-refractivity contribution in [3.05, 3.63) is 224 Å². The van der Waals surface area contributed by atoms with Gasteiger partial charge in [-0.1, -0.05) is 161 Å². The van der Waals surface area contributed by atoms with Crippen molar-refractivity contribution in [1.29, 1.82) is 0 Å². The number of benzene rings is 9. The van der Waals surface area contributed by atoms with Crippen molar-refractivity contribution in [1.82, 2.24) is 14.2 Å². The quantitative estimate of drug-likeness (QED) is 0.149. The molecule has 1 aliphatic heterocycles. The van der Waals surface area contributed by atoms with Crippen LogP contribution in [0.2, 0.25) is 0 Å². The highest BCUT2D eigenvalue weighted by Crippen LogP contribution is 2.55. The molecule has 0 saturated heterocycles. The summed E-state index contributed by atoms with van der Waals surface area (Å²) in [6, 6.07) is 74.4. The van der Waals surface area contributed by atoms with Crippen LogP contribution in [0.3, 0.4) is 0 Å². The second kappa shape index (κ2) is 14.9. The second-order valence-corrected chi connectivity index (χ2v) is 20.1. The number of rotatable bonds is 7. The zero-order valence-electron chi connectivity index (χ0n) is 39.6. The fourth-order valence-electron chi connectivity index (χ4n) is 11.8. The molecule has 2 aliphatic rings. The van der Waals surface area contributed by atoms with Gasteiger partial charge in [0.05, 0.1) is 45.3 Å². The highest BCUT2D eigenvalue weighted by atomic mass is 16.5. The summed E-state index contributed by atoms with van der Waals surface area (Å²) < 4.78 is 11.5. The number of fused-ring (bicyclic) bond motifs is 7. The number of aromatic nitrogens is 3. The SMILES string of the molecule is CC1(C)c2cc(-n3c4ccccc4c4ccccc43)cc3c4ccc(Oc5cccc(N6CN(c7c(-c8ccccc8)cccc7-c7ccccc7)c7ccccc76)c5)cc4n4ncc(c4c23)C1(C)C. The Labute approximate surface area is 406 Å². The molecular formula is C64H49N5O. The molecule has 0 saturated carbocycles. The first kappa shape index (κ1) is 40.5. The summed E-state index contributed by atoms with van der Waals surface area (Å²) in [7, 11) is 0. The Bertz CT molecular complexity index is 3980. The Hall–Kier alpha value is -8.61. The van der Waals surface area contributed by atoms with Crippen LogP contribution in [-0.2, 0) is 10.8 Å². The normalized spacial score (nSPS) is 14.7. The lowest BCUT2D eigenvalue weighted by Gasteiger charge is -2.45. The highest BCUT2D eigenvalue weighted by molar-refractivity contribution is 6.17. The molecule has 9 aromatic carbocycles. The minimum atomic E-state index is -0.202. The van der Waals surface area contributed by atoms with E-state index < -0.39 is 0 Å². The number of hydrogen-bond acceptors (Lipinski definition) is 4. The Morgan fingerprint density at radius 1 is 0.443 bits per heavy atom. The average Bonchev–Trinajstić information content (AvgIpc) is 4.12. The zero-order valence-corrected chi connectivity index (χ0v) is 39.6. The van der Waals surface area contributed by atoms with Gasteiger partial charge < -0.3 is 19.1 Å². The van der Waals surface area contributed by atoms with Crippen LogP contribution in [0.25, 0.3) is 76.9 Å². The van der Waals surface area contributed by atoms with Gasteiger partial charge in [0.15, 0.2) is 0 Å². The molecule has 0 bridgehead atoms. The lowest BCUT2D eigenvalue weighted by molar-refractivity contribution is 0.304. The van der Waals surface area contributed by atoms with E-state index in [2.05, 4.69) is 259 Å². The maximum atomic E-state index is 6.91. The highest BCUT2D eigenvalue weighted by Gasteiger charge is 2.47. The molecule has 0 fully saturated rings.